The van der Waals surface area contributed by atoms with Crippen molar-refractivity contribution in [2.45, 2.75) is 71.7 Å². The van der Waals surface area contributed by atoms with Crippen molar-refractivity contribution in [2.24, 2.45) is 0 Å². The second kappa shape index (κ2) is 10.8. The van der Waals surface area contributed by atoms with Gasteiger partial charge in [-0.05, 0) is 6.42 Å². The van der Waals surface area contributed by atoms with Gasteiger partial charge in [0, 0.05) is 34.3 Å². The van der Waals surface area contributed by atoms with Gasteiger partial charge in [0.05, 0.1) is 0 Å². The van der Waals surface area contributed by atoms with Crippen LogP contribution in [-0.2, 0) is 42.9 Å². The first-order valence-corrected chi connectivity index (χ1v) is 8.67. The first-order chi connectivity index (χ1) is 12.6. The van der Waals surface area contributed by atoms with Crippen LogP contribution in [0.4, 0.5) is 0 Å². The van der Waals surface area contributed by atoms with Crippen LogP contribution < -0.4 is 5.32 Å². The fourth-order valence-corrected chi connectivity index (χ4v) is 2.67. The van der Waals surface area contributed by atoms with E-state index in [4.69, 9.17) is 23.7 Å². The highest BCUT2D eigenvalue weighted by atomic mass is 16.7. The summed E-state index contributed by atoms with van der Waals surface area (Å²) in [6.45, 7) is 6.83. The standard InChI is InChI=1S/C17H27NO9/c1-6-7-23-17-14(18-9(2)19)16(26-12(5)22)15(25-11(4)21)13(27-17)8-24-10(3)20/h13-17H,6-8H2,1-5H3,(H,18,19)/t13-,14-,15+,16+,17-/m1/s1. The summed E-state index contributed by atoms with van der Waals surface area (Å²) in [5, 5.41) is 2.62. The van der Waals surface area contributed by atoms with Crippen molar-refractivity contribution >= 4 is 23.8 Å². The Hall–Kier alpha value is -2.20. The van der Waals surface area contributed by atoms with E-state index < -0.39 is 54.5 Å². The third-order valence-corrected chi connectivity index (χ3v) is 3.56. The van der Waals surface area contributed by atoms with Gasteiger partial charge in [-0.3, -0.25) is 19.2 Å². The molecule has 27 heavy (non-hydrogen) atoms. The molecule has 0 radical (unpaired) electrons. The van der Waals surface area contributed by atoms with Crippen LogP contribution >= 0.6 is 0 Å². The lowest BCUT2D eigenvalue weighted by Crippen LogP contribution is -2.66. The van der Waals surface area contributed by atoms with Crippen molar-refractivity contribution in [3.05, 3.63) is 0 Å². The monoisotopic (exact) mass is 389 g/mol. The van der Waals surface area contributed by atoms with Crippen LogP contribution in [-0.4, -0.2) is 67.7 Å². The molecular weight excluding hydrogens is 362 g/mol. The van der Waals surface area contributed by atoms with E-state index in [0.717, 1.165) is 0 Å². The van der Waals surface area contributed by atoms with Gasteiger partial charge in [0.25, 0.3) is 0 Å². The molecule has 0 bridgehead atoms. The molecule has 1 amide bonds. The number of esters is 3. The van der Waals surface area contributed by atoms with E-state index in [1.165, 1.54) is 27.7 Å². The van der Waals surface area contributed by atoms with E-state index in [9.17, 15) is 19.2 Å². The SMILES string of the molecule is CCCO[C@@H]1O[C@H](COC(C)=O)[C@H](OC(C)=O)[C@@H](OC(C)=O)[C@H]1NC(C)=O. The fraction of sp³-hybridized carbons (Fsp3) is 0.765. The Labute approximate surface area is 157 Å². The smallest absolute Gasteiger partial charge is 0.303 e. The second-order valence-electron chi connectivity index (χ2n) is 6.09. The van der Waals surface area contributed by atoms with Crippen LogP contribution in [0.1, 0.15) is 41.0 Å². The largest absolute Gasteiger partial charge is 0.463 e. The molecule has 1 N–H and O–H groups in total. The molecule has 0 saturated carbocycles. The van der Waals surface area contributed by atoms with Gasteiger partial charge in [-0.2, -0.15) is 0 Å². The van der Waals surface area contributed by atoms with Crippen LogP contribution in [0.3, 0.4) is 0 Å². The molecule has 1 aliphatic rings. The molecule has 0 unspecified atom stereocenters. The van der Waals surface area contributed by atoms with Crippen LogP contribution in [0.15, 0.2) is 0 Å². The Morgan fingerprint density at radius 2 is 1.52 bits per heavy atom. The third kappa shape index (κ3) is 7.51. The van der Waals surface area contributed by atoms with E-state index in [-0.39, 0.29) is 6.61 Å². The summed E-state index contributed by atoms with van der Waals surface area (Å²) < 4.78 is 27.0. The summed E-state index contributed by atoms with van der Waals surface area (Å²) in [7, 11) is 0. The van der Waals surface area contributed by atoms with Crippen molar-refractivity contribution in [1.29, 1.82) is 0 Å². The number of rotatable bonds is 8. The average Bonchev–Trinajstić information content (AvgIpc) is 2.54. The maximum Gasteiger partial charge on any atom is 0.303 e. The summed E-state index contributed by atoms with van der Waals surface area (Å²) in [5.74, 6) is -2.26. The third-order valence-electron chi connectivity index (χ3n) is 3.56. The molecular formula is C17H27NO9. The molecule has 1 aliphatic heterocycles. The molecule has 0 spiro atoms. The first kappa shape index (κ1) is 22.8. The van der Waals surface area contributed by atoms with Gasteiger partial charge < -0.3 is 29.0 Å². The highest BCUT2D eigenvalue weighted by molar-refractivity contribution is 5.73. The number of nitrogens with one attached hydrogen (secondary N) is 1. The average molecular weight is 389 g/mol. The van der Waals surface area contributed by atoms with Crippen LogP contribution in [0, 0.1) is 0 Å². The Morgan fingerprint density at radius 1 is 0.926 bits per heavy atom. The topological polar surface area (TPSA) is 126 Å². The quantitative estimate of drug-likeness (QED) is 0.453. The number of carbonyl (C=O) groups is 4. The minimum absolute atomic E-state index is 0.246. The zero-order valence-electron chi connectivity index (χ0n) is 16.2. The molecule has 0 aromatic heterocycles. The molecule has 0 aromatic carbocycles. The zero-order valence-corrected chi connectivity index (χ0v) is 16.2. The van der Waals surface area contributed by atoms with Gasteiger partial charge in [0.15, 0.2) is 18.5 Å². The number of hydrogen-bond donors (Lipinski definition) is 1. The van der Waals surface area contributed by atoms with Gasteiger partial charge in [-0.25, -0.2) is 0 Å². The Kier molecular flexibility index (Phi) is 9.16. The van der Waals surface area contributed by atoms with Gasteiger partial charge in [-0.1, -0.05) is 6.92 Å². The van der Waals surface area contributed by atoms with Crippen molar-refractivity contribution in [3.8, 4) is 0 Å². The Bertz CT molecular complexity index is 551. The highest BCUT2D eigenvalue weighted by Crippen LogP contribution is 2.28. The molecule has 1 saturated heterocycles. The summed E-state index contributed by atoms with van der Waals surface area (Å²) in [6.07, 6.45) is -3.47. The summed E-state index contributed by atoms with van der Waals surface area (Å²) in [4.78, 5) is 46.0. The lowest BCUT2D eigenvalue weighted by molar-refractivity contribution is -0.277. The first-order valence-electron chi connectivity index (χ1n) is 8.67. The van der Waals surface area contributed by atoms with Crippen molar-refractivity contribution < 1.29 is 42.9 Å². The van der Waals surface area contributed by atoms with E-state index in [0.29, 0.717) is 13.0 Å². The molecule has 1 heterocycles. The lowest BCUT2D eigenvalue weighted by atomic mass is 9.96. The maximum atomic E-state index is 11.6. The van der Waals surface area contributed by atoms with Gasteiger partial charge in [0.2, 0.25) is 5.91 Å². The van der Waals surface area contributed by atoms with Crippen LogP contribution in [0.5, 0.6) is 0 Å². The fourth-order valence-electron chi connectivity index (χ4n) is 2.67. The summed E-state index contributed by atoms with van der Waals surface area (Å²) in [5.41, 5.74) is 0. The van der Waals surface area contributed by atoms with Gasteiger partial charge >= 0.3 is 17.9 Å². The van der Waals surface area contributed by atoms with Crippen molar-refractivity contribution in [1.82, 2.24) is 5.32 Å². The molecule has 10 heteroatoms. The van der Waals surface area contributed by atoms with E-state index >= 15 is 0 Å². The second-order valence-corrected chi connectivity index (χ2v) is 6.09. The number of carbonyl (C=O) groups excluding carboxylic acids is 4. The molecule has 5 atom stereocenters. The molecule has 0 aromatic rings. The predicted molar refractivity (Wildman–Crippen MR) is 90.2 cm³/mol. The minimum atomic E-state index is -1.11. The van der Waals surface area contributed by atoms with Crippen molar-refractivity contribution in [3.63, 3.8) is 0 Å². The zero-order chi connectivity index (χ0) is 20.6. The number of amides is 1. The van der Waals surface area contributed by atoms with Gasteiger partial charge in [0.1, 0.15) is 18.8 Å². The van der Waals surface area contributed by atoms with Crippen LogP contribution in [0.2, 0.25) is 0 Å². The minimum Gasteiger partial charge on any atom is -0.463 e. The van der Waals surface area contributed by atoms with Crippen molar-refractivity contribution in [2.75, 3.05) is 13.2 Å². The Balaban J connectivity index is 3.22. The molecule has 0 aliphatic carbocycles. The molecule has 1 rings (SSSR count). The maximum absolute atomic E-state index is 11.6. The molecule has 154 valence electrons. The predicted octanol–water partition coefficient (Wildman–Crippen LogP) is 0.0691. The van der Waals surface area contributed by atoms with Crippen LogP contribution in [0.25, 0.3) is 0 Å². The lowest BCUT2D eigenvalue weighted by Gasteiger charge is -2.44. The molecule has 1 fully saturated rings. The summed E-state index contributed by atoms with van der Waals surface area (Å²) >= 11 is 0. The number of ether oxygens (including phenoxy) is 5. The Morgan fingerprint density at radius 3 is 2.00 bits per heavy atom. The van der Waals surface area contributed by atoms with E-state index in [1.807, 2.05) is 6.92 Å². The van der Waals surface area contributed by atoms with Gasteiger partial charge in [-0.15, -0.1) is 0 Å². The van der Waals surface area contributed by atoms with E-state index in [2.05, 4.69) is 5.32 Å². The normalized spacial score (nSPS) is 27.4. The highest BCUT2D eigenvalue weighted by Gasteiger charge is 2.51. The summed E-state index contributed by atoms with van der Waals surface area (Å²) in [6, 6.07) is -0.920. The number of hydrogen-bond acceptors (Lipinski definition) is 9. The van der Waals surface area contributed by atoms with E-state index in [1.54, 1.807) is 0 Å². The molecule has 10 nitrogen and oxygen atoms in total.